The van der Waals surface area contributed by atoms with Crippen LogP contribution in [0.4, 0.5) is 4.79 Å². The first-order valence-corrected chi connectivity index (χ1v) is 5.20. The molecule has 0 aromatic carbocycles. The Hall–Kier alpha value is -0.770. The molecule has 3 atom stereocenters. The summed E-state index contributed by atoms with van der Waals surface area (Å²) in [5.74, 6) is 0.552. The molecule has 3 unspecified atom stereocenters. The van der Waals surface area contributed by atoms with E-state index in [0.29, 0.717) is 18.5 Å². The lowest BCUT2D eigenvalue weighted by atomic mass is 9.83. The van der Waals surface area contributed by atoms with E-state index in [9.17, 15) is 4.79 Å². The number of rotatable bonds is 1. The number of amides is 1. The summed E-state index contributed by atoms with van der Waals surface area (Å²) in [4.78, 5) is 12.4. The lowest BCUT2D eigenvalue weighted by Crippen LogP contribution is -2.32. The number of carboxylic acid groups (broad SMARTS) is 1. The predicted molar refractivity (Wildman–Crippen MR) is 53.3 cm³/mol. The van der Waals surface area contributed by atoms with Crippen molar-refractivity contribution in [3.63, 3.8) is 0 Å². The van der Waals surface area contributed by atoms with Gasteiger partial charge in [0.25, 0.3) is 0 Å². The van der Waals surface area contributed by atoms with E-state index in [1.54, 1.807) is 4.90 Å². The summed E-state index contributed by atoms with van der Waals surface area (Å²) in [5, 5.41) is 12.2. The maximum Gasteiger partial charge on any atom is 0.407 e. The molecule has 1 aliphatic carbocycles. The maximum atomic E-state index is 10.8. The second-order valence-electron chi connectivity index (χ2n) is 4.94. The SMILES string of the molecule is CNC1CC2CN(C(=O)O)CC2(C)C1. The molecule has 1 saturated heterocycles. The van der Waals surface area contributed by atoms with Crippen molar-refractivity contribution in [3.8, 4) is 0 Å². The van der Waals surface area contributed by atoms with Crippen molar-refractivity contribution in [1.29, 1.82) is 0 Å². The van der Waals surface area contributed by atoms with Crippen LogP contribution in [-0.2, 0) is 0 Å². The van der Waals surface area contributed by atoms with Crippen LogP contribution in [0.2, 0.25) is 0 Å². The van der Waals surface area contributed by atoms with Crippen molar-refractivity contribution in [2.24, 2.45) is 11.3 Å². The molecule has 0 aromatic rings. The average Bonchev–Trinajstić information content (AvgIpc) is 2.55. The Kier molecular flexibility index (Phi) is 2.18. The van der Waals surface area contributed by atoms with Crippen molar-refractivity contribution in [2.45, 2.75) is 25.8 Å². The third-order valence-electron chi connectivity index (χ3n) is 3.94. The molecule has 0 spiro atoms. The van der Waals surface area contributed by atoms with Gasteiger partial charge in [0.05, 0.1) is 0 Å². The number of likely N-dealkylation sites (tertiary alicyclic amines) is 1. The zero-order valence-electron chi connectivity index (χ0n) is 8.79. The summed E-state index contributed by atoms with van der Waals surface area (Å²) < 4.78 is 0. The van der Waals surface area contributed by atoms with Crippen molar-refractivity contribution >= 4 is 6.09 Å². The molecule has 2 rings (SSSR count). The zero-order valence-corrected chi connectivity index (χ0v) is 8.79. The molecule has 0 radical (unpaired) electrons. The van der Waals surface area contributed by atoms with Crippen molar-refractivity contribution in [2.75, 3.05) is 20.1 Å². The van der Waals surface area contributed by atoms with Crippen molar-refractivity contribution < 1.29 is 9.90 Å². The van der Waals surface area contributed by atoms with Gasteiger partial charge in [0.15, 0.2) is 0 Å². The Morgan fingerprint density at radius 2 is 2.36 bits per heavy atom. The quantitative estimate of drug-likeness (QED) is 0.660. The lowest BCUT2D eigenvalue weighted by Gasteiger charge is -2.22. The van der Waals surface area contributed by atoms with Crippen molar-refractivity contribution in [1.82, 2.24) is 10.2 Å². The molecular formula is C10H18N2O2. The summed E-state index contributed by atoms with van der Waals surface area (Å²) in [6.07, 6.45) is 1.47. The monoisotopic (exact) mass is 198 g/mol. The highest BCUT2D eigenvalue weighted by molar-refractivity contribution is 5.65. The third kappa shape index (κ3) is 1.38. The van der Waals surface area contributed by atoms with E-state index in [-0.39, 0.29) is 5.41 Å². The van der Waals surface area contributed by atoms with E-state index in [1.807, 2.05) is 7.05 Å². The van der Waals surface area contributed by atoms with E-state index < -0.39 is 6.09 Å². The average molecular weight is 198 g/mol. The minimum atomic E-state index is -0.762. The Balaban J connectivity index is 2.06. The summed E-state index contributed by atoms with van der Waals surface area (Å²) in [6.45, 7) is 3.66. The number of hydrogen-bond acceptors (Lipinski definition) is 2. The van der Waals surface area contributed by atoms with Crippen LogP contribution in [-0.4, -0.2) is 42.3 Å². The highest BCUT2D eigenvalue weighted by Crippen LogP contribution is 2.48. The minimum Gasteiger partial charge on any atom is -0.465 e. The van der Waals surface area contributed by atoms with E-state index in [4.69, 9.17) is 5.11 Å². The van der Waals surface area contributed by atoms with Crippen LogP contribution in [0.15, 0.2) is 0 Å². The molecule has 2 fully saturated rings. The Morgan fingerprint density at radius 1 is 1.64 bits per heavy atom. The second-order valence-corrected chi connectivity index (χ2v) is 4.94. The maximum absolute atomic E-state index is 10.8. The van der Waals surface area contributed by atoms with E-state index in [2.05, 4.69) is 12.2 Å². The van der Waals surface area contributed by atoms with Gasteiger partial charge in [0.1, 0.15) is 0 Å². The Bertz CT molecular complexity index is 257. The smallest absolute Gasteiger partial charge is 0.407 e. The topological polar surface area (TPSA) is 52.6 Å². The fourth-order valence-electron chi connectivity index (χ4n) is 3.06. The van der Waals surface area contributed by atoms with Crippen LogP contribution in [0.3, 0.4) is 0 Å². The normalized spacial score (nSPS) is 41.4. The van der Waals surface area contributed by atoms with Gasteiger partial charge in [-0.3, -0.25) is 0 Å². The van der Waals surface area contributed by atoms with Crippen LogP contribution in [0.5, 0.6) is 0 Å². The van der Waals surface area contributed by atoms with Gasteiger partial charge in [0.2, 0.25) is 0 Å². The Labute approximate surface area is 84.3 Å². The predicted octanol–water partition coefficient (Wildman–Crippen LogP) is 0.984. The first-order chi connectivity index (χ1) is 6.55. The molecule has 0 bridgehead atoms. The lowest BCUT2D eigenvalue weighted by molar-refractivity contribution is 0.148. The van der Waals surface area contributed by atoms with Gasteiger partial charge in [0, 0.05) is 19.1 Å². The molecule has 80 valence electrons. The third-order valence-corrected chi connectivity index (χ3v) is 3.94. The largest absolute Gasteiger partial charge is 0.465 e. The molecule has 1 aliphatic heterocycles. The molecule has 14 heavy (non-hydrogen) atoms. The molecule has 1 heterocycles. The molecular weight excluding hydrogens is 180 g/mol. The highest BCUT2D eigenvalue weighted by Gasteiger charge is 2.50. The molecule has 4 heteroatoms. The van der Waals surface area contributed by atoms with Crippen LogP contribution in [0.25, 0.3) is 0 Å². The van der Waals surface area contributed by atoms with E-state index in [0.717, 1.165) is 19.4 Å². The summed E-state index contributed by atoms with van der Waals surface area (Å²) in [5.41, 5.74) is 0.214. The Morgan fingerprint density at radius 3 is 2.86 bits per heavy atom. The zero-order chi connectivity index (χ0) is 10.3. The van der Waals surface area contributed by atoms with Crippen LogP contribution in [0.1, 0.15) is 19.8 Å². The van der Waals surface area contributed by atoms with Crippen molar-refractivity contribution in [3.05, 3.63) is 0 Å². The summed E-state index contributed by atoms with van der Waals surface area (Å²) in [7, 11) is 1.99. The first kappa shape index (κ1) is 9.77. The molecule has 2 aliphatic rings. The molecule has 2 N–H and O–H groups in total. The second kappa shape index (κ2) is 3.12. The van der Waals surface area contributed by atoms with Gasteiger partial charge in [-0.15, -0.1) is 0 Å². The van der Waals surface area contributed by atoms with Gasteiger partial charge in [-0.05, 0) is 31.2 Å². The standard InChI is InChI=1S/C10H18N2O2/c1-10-4-8(11-2)3-7(10)5-12(6-10)9(13)14/h7-8,11H,3-6H2,1-2H3,(H,13,14). The van der Waals surface area contributed by atoms with Crippen LogP contribution >= 0.6 is 0 Å². The number of carbonyl (C=O) groups is 1. The van der Waals surface area contributed by atoms with Gasteiger partial charge in [-0.1, -0.05) is 6.92 Å². The number of hydrogen-bond donors (Lipinski definition) is 2. The van der Waals surface area contributed by atoms with E-state index >= 15 is 0 Å². The first-order valence-electron chi connectivity index (χ1n) is 5.20. The van der Waals surface area contributed by atoms with Crippen LogP contribution < -0.4 is 5.32 Å². The molecule has 1 amide bonds. The molecule has 1 saturated carbocycles. The number of fused-ring (bicyclic) bond motifs is 1. The molecule has 0 aromatic heterocycles. The summed E-state index contributed by atoms with van der Waals surface area (Å²) in [6, 6.07) is 0.584. The summed E-state index contributed by atoms with van der Waals surface area (Å²) >= 11 is 0. The fraction of sp³-hybridized carbons (Fsp3) is 0.900. The van der Waals surface area contributed by atoms with E-state index in [1.165, 1.54) is 0 Å². The number of nitrogens with zero attached hydrogens (tertiary/aromatic N) is 1. The fourth-order valence-corrected chi connectivity index (χ4v) is 3.06. The van der Waals surface area contributed by atoms with Crippen LogP contribution in [0, 0.1) is 11.3 Å². The van der Waals surface area contributed by atoms with Gasteiger partial charge in [-0.2, -0.15) is 0 Å². The molecule has 4 nitrogen and oxygen atoms in total. The minimum absolute atomic E-state index is 0.214. The van der Waals surface area contributed by atoms with Gasteiger partial charge in [-0.25, -0.2) is 4.79 Å². The number of nitrogens with one attached hydrogen (secondary N) is 1. The highest BCUT2D eigenvalue weighted by atomic mass is 16.4. The van der Waals surface area contributed by atoms with Gasteiger partial charge >= 0.3 is 6.09 Å². The van der Waals surface area contributed by atoms with Gasteiger partial charge < -0.3 is 15.3 Å².